The fourth-order valence-corrected chi connectivity index (χ4v) is 2.84. The Balaban J connectivity index is 2.60. The standard InChI is InChI=1S/C9H16O2S/c1-9(2,3)6-8-4-5-12(10,11)7-8/h4H,5-7H2,1-3H3. The van der Waals surface area contributed by atoms with Crippen molar-refractivity contribution < 1.29 is 8.42 Å². The molecule has 0 saturated carbocycles. The van der Waals surface area contributed by atoms with Crippen LogP contribution >= 0.6 is 0 Å². The van der Waals surface area contributed by atoms with Crippen molar-refractivity contribution in [2.45, 2.75) is 27.2 Å². The molecule has 0 unspecified atom stereocenters. The van der Waals surface area contributed by atoms with Crippen LogP contribution in [0.25, 0.3) is 0 Å². The van der Waals surface area contributed by atoms with Gasteiger partial charge in [-0.1, -0.05) is 32.4 Å². The zero-order valence-corrected chi connectivity index (χ0v) is 8.74. The lowest BCUT2D eigenvalue weighted by atomic mass is 9.88. The zero-order valence-electron chi connectivity index (χ0n) is 7.92. The first-order chi connectivity index (χ1) is 5.29. The van der Waals surface area contributed by atoms with E-state index in [0.717, 1.165) is 12.0 Å². The highest BCUT2D eigenvalue weighted by atomic mass is 32.2. The summed E-state index contributed by atoms with van der Waals surface area (Å²) in [6.07, 6.45) is 2.76. The molecule has 0 N–H and O–H groups in total. The molecule has 0 aromatic carbocycles. The van der Waals surface area contributed by atoms with Gasteiger partial charge in [0, 0.05) is 0 Å². The third kappa shape index (κ3) is 2.97. The Morgan fingerprint density at radius 2 is 2.00 bits per heavy atom. The van der Waals surface area contributed by atoms with Gasteiger partial charge in [0.1, 0.15) is 0 Å². The molecule has 3 heteroatoms. The SMILES string of the molecule is CC(C)(C)CC1=CCS(=O)(=O)C1. The summed E-state index contributed by atoms with van der Waals surface area (Å²) < 4.78 is 22.1. The molecule has 1 heterocycles. The van der Waals surface area contributed by atoms with Gasteiger partial charge < -0.3 is 0 Å². The number of sulfone groups is 1. The second-order valence-corrected chi connectivity index (χ2v) is 6.76. The maximum atomic E-state index is 11.1. The van der Waals surface area contributed by atoms with Crippen molar-refractivity contribution in [2.24, 2.45) is 5.41 Å². The molecule has 2 nitrogen and oxygen atoms in total. The number of hydrogen-bond donors (Lipinski definition) is 0. The van der Waals surface area contributed by atoms with Crippen LogP contribution in [-0.2, 0) is 9.84 Å². The summed E-state index contributed by atoms with van der Waals surface area (Å²) >= 11 is 0. The zero-order chi connectivity index (χ0) is 9.41. The van der Waals surface area contributed by atoms with E-state index in [2.05, 4.69) is 20.8 Å². The molecule has 1 aliphatic heterocycles. The molecule has 0 amide bonds. The molecule has 0 aromatic heterocycles. The van der Waals surface area contributed by atoms with Gasteiger partial charge in [-0.25, -0.2) is 8.42 Å². The first-order valence-electron chi connectivity index (χ1n) is 4.17. The molecule has 0 saturated heterocycles. The van der Waals surface area contributed by atoms with Gasteiger partial charge in [-0.05, 0) is 11.8 Å². The summed E-state index contributed by atoms with van der Waals surface area (Å²) in [4.78, 5) is 0. The Morgan fingerprint density at radius 1 is 1.42 bits per heavy atom. The van der Waals surface area contributed by atoms with E-state index >= 15 is 0 Å². The van der Waals surface area contributed by atoms with Crippen molar-refractivity contribution >= 4 is 9.84 Å². The van der Waals surface area contributed by atoms with Crippen LogP contribution in [0.15, 0.2) is 11.6 Å². The fraction of sp³-hybridized carbons (Fsp3) is 0.778. The molecule has 0 aromatic rings. The van der Waals surface area contributed by atoms with Crippen LogP contribution in [0.3, 0.4) is 0 Å². The Morgan fingerprint density at radius 3 is 2.33 bits per heavy atom. The molecule has 0 aliphatic carbocycles. The molecule has 0 radical (unpaired) electrons. The van der Waals surface area contributed by atoms with Crippen LogP contribution < -0.4 is 0 Å². The summed E-state index contributed by atoms with van der Waals surface area (Å²) in [5.41, 5.74) is 1.29. The molecule has 0 atom stereocenters. The van der Waals surface area contributed by atoms with Crippen molar-refractivity contribution in [1.82, 2.24) is 0 Å². The highest BCUT2D eigenvalue weighted by Gasteiger charge is 2.23. The summed E-state index contributed by atoms with van der Waals surface area (Å²) in [6, 6.07) is 0. The average molecular weight is 188 g/mol. The Labute approximate surface area is 74.6 Å². The number of hydrogen-bond acceptors (Lipinski definition) is 2. The summed E-state index contributed by atoms with van der Waals surface area (Å²) in [6.45, 7) is 6.37. The van der Waals surface area contributed by atoms with Gasteiger partial charge in [0.25, 0.3) is 0 Å². The van der Waals surface area contributed by atoms with Gasteiger partial charge in [0.2, 0.25) is 0 Å². The first kappa shape index (κ1) is 9.78. The number of rotatable bonds is 1. The van der Waals surface area contributed by atoms with E-state index in [9.17, 15) is 8.42 Å². The van der Waals surface area contributed by atoms with Crippen LogP contribution in [0.5, 0.6) is 0 Å². The van der Waals surface area contributed by atoms with Crippen molar-refractivity contribution in [3.63, 3.8) is 0 Å². The second kappa shape index (κ2) is 2.87. The molecule has 0 spiro atoms. The van der Waals surface area contributed by atoms with Crippen LogP contribution in [0.4, 0.5) is 0 Å². The van der Waals surface area contributed by atoms with E-state index < -0.39 is 9.84 Å². The lowest BCUT2D eigenvalue weighted by Gasteiger charge is -2.18. The molecule has 70 valence electrons. The quantitative estimate of drug-likeness (QED) is 0.588. The van der Waals surface area contributed by atoms with Crippen molar-refractivity contribution in [1.29, 1.82) is 0 Å². The fourth-order valence-electron chi connectivity index (χ4n) is 1.45. The average Bonchev–Trinajstić information content (AvgIpc) is 2.05. The van der Waals surface area contributed by atoms with Crippen LogP contribution in [0, 0.1) is 5.41 Å². The van der Waals surface area contributed by atoms with Gasteiger partial charge in [-0.2, -0.15) is 0 Å². The predicted octanol–water partition coefficient (Wildman–Crippen LogP) is 1.78. The maximum Gasteiger partial charge on any atom is 0.157 e. The van der Waals surface area contributed by atoms with E-state index in [1.165, 1.54) is 0 Å². The van der Waals surface area contributed by atoms with E-state index in [1.54, 1.807) is 0 Å². The highest BCUT2D eigenvalue weighted by Crippen LogP contribution is 2.27. The van der Waals surface area contributed by atoms with E-state index in [-0.39, 0.29) is 16.9 Å². The van der Waals surface area contributed by atoms with Crippen LogP contribution in [-0.4, -0.2) is 19.9 Å². The first-order valence-corrected chi connectivity index (χ1v) is 5.99. The Kier molecular flexibility index (Phi) is 2.34. The highest BCUT2D eigenvalue weighted by molar-refractivity contribution is 7.92. The molecular formula is C9H16O2S. The summed E-state index contributed by atoms with van der Waals surface area (Å²) in [5.74, 6) is 0.530. The largest absolute Gasteiger partial charge is 0.228 e. The lowest BCUT2D eigenvalue weighted by molar-refractivity contribution is 0.410. The van der Waals surface area contributed by atoms with Crippen LogP contribution in [0.1, 0.15) is 27.2 Å². The Hall–Kier alpha value is -0.310. The van der Waals surface area contributed by atoms with Crippen molar-refractivity contribution in [3.05, 3.63) is 11.6 Å². The lowest BCUT2D eigenvalue weighted by Crippen LogP contribution is -2.09. The molecule has 1 aliphatic rings. The van der Waals surface area contributed by atoms with E-state index in [4.69, 9.17) is 0 Å². The molecular weight excluding hydrogens is 172 g/mol. The van der Waals surface area contributed by atoms with Gasteiger partial charge in [0.15, 0.2) is 9.84 Å². The van der Waals surface area contributed by atoms with Gasteiger partial charge >= 0.3 is 0 Å². The normalized spacial score (nSPS) is 22.4. The molecule has 12 heavy (non-hydrogen) atoms. The third-order valence-electron chi connectivity index (χ3n) is 1.79. The minimum absolute atomic E-state index is 0.200. The minimum atomic E-state index is -2.76. The Bertz CT molecular complexity index is 291. The van der Waals surface area contributed by atoms with Gasteiger partial charge in [-0.15, -0.1) is 0 Å². The van der Waals surface area contributed by atoms with Crippen molar-refractivity contribution in [2.75, 3.05) is 11.5 Å². The second-order valence-electron chi connectivity index (χ2n) is 4.65. The smallest absolute Gasteiger partial charge is 0.157 e. The monoisotopic (exact) mass is 188 g/mol. The molecule has 0 fully saturated rings. The predicted molar refractivity (Wildman–Crippen MR) is 50.8 cm³/mol. The minimum Gasteiger partial charge on any atom is -0.228 e. The maximum absolute atomic E-state index is 11.1. The molecule has 0 bridgehead atoms. The van der Waals surface area contributed by atoms with Crippen molar-refractivity contribution in [3.8, 4) is 0 Å². The van der Waals surface area contributed by atoms with Crippen LogP contribution in [0.2, 0.25) is 0 Å². The summed E-state index contributed by atoms with van der Waals surface area (Å²) in [5, 5.41) is 0. The molecule has 1 rings (SSSR count). The topological polar surface area (TPSA) is 34.1 Å². The van der Waals surface area contributed by atoms with E-state index in [1.807, 2.05) is 6.08 Å². The summed E-state index contributed by atoms with van der Waals surface area (Å²) in [7, 11) is -2.76. The third-order valence-corrected chi connectivity index (χ3v) is 3.27. The van der Waals surface area contributed by atoms with E-state index in [0.29, 0.717) is 0 Å². The van der Waals surface area contributed by atoms with Gasteiger partial charge in [-0.3, -0.25) is 0 Å². The van der Waals surface area contributed by atoms with Gasteiger partial charge in [0.05, 0.1) is 11.5 Å².